The maximum absolute atomic E-state index is 5.64. The van der Waals surface area contributed by atoms with Gasteiger partial charge in [0.1, 0.15) is 5.82 Å². The lowest BCUT2D eigenvalue weighted by atomic mass is 9.74. The molecular weight excluding hydrogens is 406 g/mol. The van der Waals surface area contributed by atoms with Crippen LogP contribution < -0.4 is 15.5 Å². The topological polar surface area (TPSA) is 62.3 Å². The fraction of sp³-hybridized carbons (Fsp3) is 0.542. The van der Waals surface area contributed by atoms with Crippen molar-refractivity contribution in [2.24, 2.45) is 0 Å². The second kappa shape index (κ2) is 9.92. The Morgan fingerprint density at radius 3 is 2.71 bits per heavy atom. The minimum atomic E-state index is 0.0209. The molecule has 1 aromatic heterocycles. The van der Waals surface area contributed by atoms with Crippen LogP contribution in [0.1, 0.15) is 50.3 Å². The zero-order chi connectivity index (χ0) is 21.7. The van der Waals surface area contributed by atoms with E-state index >= 15 is 0 Å². The van der Waals surface area contributed by atoms with Crippen molar-refractivity contribution in [2.75, 3.05) is 36.5 Å². The van der Waals surface area contributed by atoms with E-state index in [1.807, 2.05) is 6.92 Å². The third-order valence-corrected chi connectivity index (χ3v) is 6.83. The van der Waals surface area contributed by atoms with Crippen molar-refractivity contribution in [3.63, 3.8) is 0 Å². The smallest absolute Gasteiger partial charge is 0.231 e. The highest BCUT2D eigenvalue weighted by atomic mass is 32.1. The Morgan fingerprint density at radius 1 is 1.19 bits per heavy atom. The van der Waals surface area contributed by atoms with Gasteiger partial charge in [0.2, 0.25) is 5.95 Å². The van der Waals surface area contributed by atoms with Gasteiger partial charge in [-0.3, -0.25) is 0 Å². The summed E-state index contributed by atoms with van der Waals surface area (Å²) < 4.78 is 5.64. The molecule has 7 heteroatoms. The van der Waals surface area contributed by atoms with Gasteiger partial charge >= 0.3 is 0 Å². The van der Waals surface area contributed by atoms with Gasteiger partial charge < -0.3 is 20.3 Å². The Labute approximate surface area is 190 Å². The summed E-state index contributed by atoms with van der Waals surface area (Å²) in [5, 5.41) is 7.22. The summed E-state index contributed by atoms with van der Waals surface area (Å²) in [7, 11) is 0. The predicted octanol–water partition coefficient (Wildman–Crippen LogP) is 4.20. The molecule has 1 aromatic carbocycles. The van der Waals surface area contributed by atoms with E-state index in [9.17, 15) is 0 Å². The molecule has 0 saturated carbocycles. The van der Waals surface area contributed by atoms with Gasteiger partial charge in [-0.2, -0.15) is 4.98 Å². The summed E-state index contributed by atoms with van der Waals surface area (Å²) in [6, 6.07) is 13.3. The van der Waals surface area contributed by atoms with Gasteiger partial charge in [-0.15, -0.1) is 0 Å². The van der Waals surface area contributed by atoms with E-state index in [4.69, 9.17) is 21.9 Å². The largest absolute Gasteiger partial charge is 0.381 e. The first-order chi connectivity index (χ1) is 15.1. The maximum Gasteiger partial charge on any atom is 0.231 e. The van der Waals surface area contributed by atoms with Crippen LogP contribution in [0.3, 0.4) is 0 Å². The van der Waals surface area contributed by atoms with Crippen LogP contribution in [0.25, 0.3) is 0 Å². The Kier molecular flexibility index (Phi) is 7.02. The van der Waals surface area contributed by atoms with Gasteiger partial charge in [-0.25, -0.2) is 4.98 Å². The molecule has 0 aliphatic carbocycles. The summed E-state index contributed by atoms with van der Waals surface area (Å²) in [6.45, 7) is 7.63. The van der Waals surface area contributed by atoms with E-state index in [0.717, 1.165) is 50.7 Å². The molecule has 2 fully saturated rings. The van der Waals surface area contributed by atoms with Gasteiger partial charge in [0.25, 0.3) is 0 Å². The van der Waals surface area contributed by atoms with Gasteiger partial charge in [-0.1, -0.05) is 30.3 Å². The summed E-state index contributed by atoms with van der Waals surface area (Å²) in [5.41, 5.74) is 2.30. The molecule has 31 heavy (non-hydrogen) atoms. The maximum atomic E-state index is 5.64. The van der Waals surface area contributed by atoms with Crippen LogP contribution in [0.4, 0.5) is 11.8 Å². The first kappa shape index (κ1) is 22.0. The lowest BCUT2D eigenvalue weighted by Crippen LogP contribution is -2.45. The van der Waals surface area contributed by atoms with E-state index in [1.165, 1.54) is 24.8 Å². The fourth-order valence-electron chi connectivity index (χ4n) is 4.71. The number of nitrogens with one attached hydrogen (secondary N) is 2. The van der Waals surface area contributed by atoms with Crippen molar-refractivity contribution >= 4 is 29.1 Å². The zero-order valence-electron chi connectivity index (χ0n) is 18.6. The molecule has 0 bridgehead atoms. The number of rotatable bonds is 5. The SMILES string of the molecule is Cc1cc(N2CCCC[C@@H]2C)nc(NC(=S)NCC2(c3ccccc3)CCOCC2)n1. The average Bonchev–Trinajstić information content (AvgIpc) is 2.79. The second-order valence-corrected chi connectivity index (χ2v) is 9.20. The quantitative estimate of drug-likeness (QED) is 0.677. The fourth-order valence-corrected chi connectivity index (χ4v) is 4.87. The van der Waals surface area contributed by atoms with Crippen LogP contribution in [-0.2, 0) is 10.2 Å². The van der Waals surface area contributed by atoms with Crippen molar-refractivity contribution in [2.45, 2.75) is 57.4 Å². The van der Waals surface area contributed by atoms with Crippen molar-refractivity contribution in [1.82, 2.24) is 15.3 Å². The number of ether oxygens (including phenoxy) is 1. The third kappa shape index (κ3) is 5.33. The molecule has 3 heterocycles. The second-order valence-electron chi connectivity index (χ2n) is 8.80. The Bertz CT molecular complexity index is 885. The summed E-state index contributed by atoms with van der Waals surface area (Å²) in [6.07, 6.45) is 5.66. The number of thiocarbonyl (C=S) groups is 1. The van der Waals surface area contributed by atoms with Crippen LogP contribution in [-0.4, -0.2) is 47.4 Å². The van der Waals surface area contributed by atoms with E-state index in [-0.39, 0.29) is 5.41 Å². The number of benzene rings is 1. The molecule has 0 radical (unpaired) electrons. The van der Waals surface area contributed by atoms with E-state index < -0.39 is 0 Å². The first-order valence-electron chi connectivity index (χ1n) is 11.4. The van der Waals surface area contributed by atoms with Crippen LogP contribution in [0.2, 0.25) is 0 Å². The molecule has 0 spiro atoms. The number of nitrogens with zero attached hydrogens (tertiary/aromatic N) is 3. The number of aromatic nitrogens is 2. The number of hydrogen-bond acceptors (Lipinski definition) is 5. The number of anilines is 2. The first-order valence-corrected chi connectivity index (χ1v) is 11.8. The highest BCUT2D eigenvalue weighted by molar-refractivity contribution is 7.80. The van der Waals surface area contributed by atoms with E-state index in [0.29, 0.717) is 17.1 Å². The standard InChI is InChI=1S/C24H33N5OS/c1-18-16-21(29-13-7-6-8-19(29)2)27-22(26-18)28-23(31)25-17-24(11-14-30-15-12-24)20-9-4-3-5-10-20/h3-5,9-10,16,19H,6-8,11-15,17H2,1-2H3,(H2,25,26,27,28,31)/t19-/m0/s1. The lowest BCUT2D eigenvalue weighted by molar-refractivity contribution is 0.0515. The summed E-state index contributed by atoms with van der Waals surface area (Å²) in [4.78, 5) is 11.7. The molecule has 4 rings (SSSR count). The molecule has 166 valence electrons. The number of aryl methyl sites for hydroxylation is 1. The van der Waals surface area contributed by atoms with Gasteiger partial charge in [0, 0.05) is 49.5 Å². The lowest BCUT2D eigenvalue weighted by Gasteiger charge is -2.38. The molecule has 0 unspecified atom stereocenters. The van der Waals surface area contributed by atoms with Crippen LogP contribution in [0, 0.1) is 6.92 Å². The minimum Gasteiger partial charge on any atom is -0.381 e. The molecule has 2 N–H and O–H groups in total. The van der Waals surface area contributed by atoms with E-state index in [2.05, 4.69) is 63.8 Å². The van der Waals surface area contributed by atoms with Crippen molar-refractivity contribution < 1.29 is 4.74 Å². The van der Waals surface area contributed by atoms with Crippen molar-refractivity contribution in [3.8, 4) is 0 Å². The Balaban J connectivity index is 1.43. The molecule has 2 aliphatic rings. The summed E-state index contributed by atoms with van der Waals surface area (Å²) >= 11 is 5.62. The van der Waals surface area contributed by atoms with Crippen LogP contribution in [0.5, 0.6) is 0 Å². The number of piperidine rings is 1. The molecular formula is C24H33N5OS. The van der Waals surface area contributed by atoms with E-state index in [1.54, 1.807) is 0 Å². The zero-order valence-corrected chi connectivity index (χ0v) is 19.4. The molecule has 2 aromatic rings. The van der Waals surface area contributed by atoms with Crippen LogP contribution in [0.15, 0.2) is 36.4 Å². The molecule has 6 nitrogen and oxygen atoms in total. The summed E-state index contributed by atoms with van der Waals surface area (Å²) in [5.74, 6) is 1.54. The molecule has 2 saturated heterocycles. The van der Waals surface area contributed by atoms with Crippen molar-refractivity contribution in [3.05, 3.63) is 47.7 Å². The Hall–Kier alpha value is -2.25. The monoisotopic (exact) mass is 439 g/mol. The third-order valence-electron chi connectivity index (χ3n) is 6.59. The van der Waals surface area contributed by atoms with Gasteiger partial charge in [0.15, 0.2) is 5.11 Å². The normalized spacial score (nSPS) is 20.8. The van der Waals surface area contributed by atoms with Crippen molar-refractivity contribution in [1.29, 1.82) is 0 Å². The average molecular weight is 440 g/mol. The highest BCUT2D eigenvalue weighted by Crippen LogP contribution is 2.34. The van der Waals surface area contributed by atoms with Gasteiger partial charge in [-0.05, 0) is 63.7 Å². The predicted molar refractivity (Wildman–Crippen MR) is 130 cm³/mol. The highest BCUT2D eigenvalue weighted by Gasteiger charge is 2.34. The van der Waals surface area contributed by atoms with Crippen LogP contribution >= 0.6 is 12.2 Å². The molecule has 1 atom stereocenters. The minimum absolute atomic E-state index is 0.0209. The van der Waals surface area contributed by atoms with Gasteiger partial charge in [0.05, 0.1) is 0 Å². The number of hydrogen-bond donors (Lipinski definition) is 2. The Morgan fingerprint density at radius 2 is 1.97 bits per heavy atom. The molecule has 0 amide bonds. The molecule has 2 aliphatic heterocycles.